The molecule has 1 N–H and O–H groups in total. The lowest BCUT2D eigenvalue weighted by Gasteiger charge is -2.23. The molecule has 4 nitrogen and oxygen atoms in total. The second kappa shape index (κ2) is 6.19. The summed E-state index contributed by atoms with van der Waals surface area (Å²) < 4.78 is 10.8. The van der Waals surface area contributed by atoms with Gasteiger partial charge >= 0.3 is 0 Å². The van der Waals surface area contributed by atoms with Crippen LogP contribution in [0.3, 0.4) is 0 Å². The number of hydrogen-bond donors (Lipinski definition) is 1. The van der Waals surface area contributed by atoms with Crippen molar-refractivity contribution in [2.75, 3.05) is 19.8 Å². The predicted octanol–water partition coefficient (Wildman–Crippen LogP) is 1.46. The van der Waals surface area contributed by atoms with Crippen LogP contribution < -0.4 is 5.32 Å². The highest BCUT2D eigenvalue weighted by Crippen LogP contribution is 2.22. The van der Waals surface area contributed by atoms with Gasteiger partial charge in [0, 0.05) is 6.04 Å². The summed E-state index contributed by atoms with van der Waals surface area (Å²) in [6, 6.07) is 2.79. The van der Waals surface area contributed by atoms with Gasteiger partial charge < -0.3 is 9.47 Å². The minimum atomic E-state index is -0.557. The molecular formula is C12H22N2O2. The number of rotatable bonds is 8. The smallest absolute Gasteiger partial charge is 0.127 e. The fourth-order valence-electron chi connectivity index (χ4n) is 1.40. The van der Waals surface area contributed by atoms with Crippen LogP contribution >= 0.6 is 0 Å². The summed E-state index contributed by atoms with van der Waals surface area (Å²) in [4.78, 5) is 0. The first-order valence-electron chi connectivity index (χ1n) is 5.94. The fourth-order valence-corrected chi connectivity index (χ4v) is 1.40. The van der Waals surface area contributed by atoms with E-state index in [0.717, 1.165) is 0 Å². The van der Waals surface area contributed by atoms with Gasteiger partial charge in [0.05, 0.1) is 32.0 Å². The lowest BCUT2D eigenvalue weighted by atomic mass is 10.1. The molecule has 92 valence electrons. The van der Waals surface area contributed by atoms with Gasteiger partial charge in [-0.1, -0.05) is 0 Å². The molecule has 0 amide bonds. The summed E-state index contributed by atoms with van der Waals surface area (Å²) in [5, 5.41) is 12.4. The maximum atomic E-state index is 9.08. The van der Waals surface area contributed by atoms with Gasteiger partial charge in [-0.2, -0.15) is 5.26 Å². The summed E-state index contributed by atoms with van der Waals surface area (Å²) in [6.45, 7) is 7.42. The van der Waals surface area contributed by atoms with E-state index in [2.05, 4.69) is 11.4 Å². The molecule has 0 aromatic rings. The third-order valence-electron chi connectivity index (χ3n) is 2.42. The number of nitriles is 1. The van der Waals surface area contributed by atoms with Crippen molar-refractivity contribution in [3.05, 3.63) is 0 Å². The van der Waals surface area contributed by atoms with E-state index in [9.17, 15) is 0 Å². The van der Waals surface area contributed by atoms with E-state index in [0.29, 0.717) is 25.9 Å². The molecular weight excluding hydrogens is 204 g/mol. The lowest BCUT2D eigenvalue weighted by molar-refractivity contribution is 0.00889. The van der Waals surface area contributed by atoms with E-state index in [1.807, 2.05) is 20.8 Å². The first-order chi connectivity index (χ1) is 7.56. The Morgan fingerprint density at radius 2 is 2.12 bits per heavy atom. The van der Waals surface area contributed by atoms with Crippen LogP contribution in [0.5, 0.6) is 0 Å². The van der Waals surface area contributed by atoms with Gasteiger partial charge in [0.2, 0.25) is 0 Å². The van der Waals surface area contributed by atoms with E-state index >= 15 is 0 Å². The summed E-state index contributed by atoms with van der Waals surface area (Å²) in [5.41, 5.74) is -0.557. The molecule has 0 aliphatic heterocycles. The highest BCUT2D eigenvalue weighted by Gasteiger charge is 2.32. The van der Waals surface area contributed by atoms with Crippen molar-refractivity contribution < 1.29 is 9.47 Å². The van der Waals surface area contributed by atoms with Crippen molar-refractivity contribution in [2.24, 2.45) is 0 Å². The monoisotopic (exact) mass is 226 g/mol. The van der Waals surface area contributed by atoms with Crippen molar-refractivity contribution >= 4 is 0 Å². The number of nitrogens with one attached hydrogen (secondary N) is 1. The summed E-state index contributed by atoms with van der Waals surface area (Å²) in [5.74, 6) is 0. The molecule has 16 heavy (non-hydrogen) atoms. The predicted molar refractivity (Wildman–Crippen MR) is 62.1 cm³/mol. The maximum Gasteiger partial charge on any atom is 0.127 e. The van der Waals surface area contributed by atoms with Crippen molar-refractivity contribution in [3.63, 3.8) is 0 Å². The molecule has 0 spiro atoms. The second-order valence-electron chi connectivity index (χ2n) is 4.83. The standard InChI is InChI=1S/C12H22N2O2/c1-10(2)16-7-6-15-9-12(3,8-13)14-11-4-5-11/h10-11,14H,4-7,9H2,1-3H3. The molecule has 1 aliphatic carbocycles. The molecule has 1 saturated carbocycles. The molecule has 0 bridgehead atoms. The Bertz CT molecular complexity index is 246. The minimum absolute atomic E-state index is 0.232. The van der Waals surface area contributed by atoms with Gasteiger partial charge in [0.15, 0.2) is 0 Å². The Morgan fingerprint density at radius 1 is 1.44 bits per heavy atom. The third-order valence-corrected chi connectivity index (χ3v) is 2.42. The Balaban J connectivity index is 2.10. The Hall–Kier alpha value is -0.630. The van der Waals surface area contributed by atoms with Crippen LogP contribution in [0.1, 0.15) is 33.6 Å². The van der Waals surface area contributed by atoms with Crippen molar-refractivity contribution in [1.82, 2.24) is 5.32 Å². The second-order valence-corrected chi connectivity index (χ2v) is 4.83. The van der Waals surface area contributed by atoms with Gasteiger partial charge in [0.1, 0.15) is 5.54 Å². The lowest BCUT2D eigenvalue weighted by Crippen LogP contribution is -2.46. The van der Waals surface area contributed by atoms with E-state index < -0.39 is 5.54 Å². The molecule has 0 aromatic carbocycles. The minimum Gasteiger partial charge on any atom is -0.376 e. The maximum absolute atomic E-state index is 9.08. The molecule has 0 aromatic heterocycles. The molecule has 0 saturated heterocycles. The zero-order valence-electron chi connectivity index (χ0n) is 10.5. The van der Waals surface area contributed by atoms with Gasteiger partial charge in [-0.3, -0.25) is 5.32 Å². The molecule has 1 aliphatic rings. The van der Waals surface area contributed by atoms with Crippen LogP contribution in [0, 0.1) is 11.3 Å². The van der Waals surface area contributed by atoms with Crippen LogP contribution in [0.2, 0.25) is 0 Å². The zero-order chi connectivity index (χ0) is 12.0. The van der Waals surface area contributed by atoms with E-state index in [1.54, 1.807) is 0 Å². The highest BCUT2D eigenvalue weighted by atomic mass is 16.5. The van der Waals surface area contributed by atoms with Crippen molar-refractivity contribution in [3.8, 4) is 6.07 Å². The molecule has 0 heterocycles. The van der Waals surface area contributed by atoms with Gasteiger partial charge in [0.25, 0.3) is 0 Å². The Kier molecular flexibility index (Phi) is 5.20. The van der Waals surface area contributed by atoms with Gasteiger partial charge in [-0.05, 0) is 33.6 Å². The highest BCUT2D eigenvalue weighted by molar-refractivity contribution is 5.07. The van der Waals surface area contributed by atoms with Crippen molar-refractivity contribution in [1.29, 1.82) is 5.26 Å². The number of nitrogens with zero attached hydrogens (tertiary/aromatic N) is 1. The average Bonchev–Trinajstić information content (AvgIpc) is 3.01. The molecule has 1 rings (SSSR count). The topological polar surface area (TPSA) is 54.3 Å². The quantitative estimate of drug-likeness (QED) is 0.637. The number of ether oxygens (including phenoxy) is 2. The molecule has 4 heteroatoms. The van der Waals surface area contributed by atoms with Crippen molar-refractivity contribution in [2.45, 2.75) is 51.3 Å². The third kappa shape index (κ3) is 5.45. The van der Waals surface area contributed by atoms with Gasteiger partial charge in [-0.15, -0.1) is 0 Å². The largest absolute Gasteiger partial charge is 0.376 e. The Morgan fingerprint density at radius 3 is 2.62 bits per heavy atom. The summed E-state index contributed by atoms with van der Waals surface area (Å²) in [7, 11) is 0. The first kappa shape index (κ1) is 13.4. The normalized spacial score (nSPS) is 19.4. The van der Waals surface area contributed by atoms with Crippen LogP contribution in [0.15, 0.2) is 0 Å². The zero-order valence-corrected chi connectivity index (χ0v) is 10.5. The van der Waals surface area contributed by atoms with Gasteiger partial charge in [-0.25, -0.2) is 0 Å². The van der Waals surface area contributed by atoms with Crippen LogP contribution in [-0.2, 0) is 9.47 Å². The average molecular weight is 226 g/mol. The molecule has 1 fully saturated rings. The SMILES string of the molecule is CC(C)OCCOCC(C)(C#N)NC1CC1. The van der Waals surface area contributed by atoms with Crippen LogP contribution in [0.4, 0.5) is 0 Å². The van der Waals surface area contributed by atoms with E-state index in [-0.39, 0.29) is 6.10 Å². The molecule has 1 unspecified atom stereocenters. The van der Waals surface area contributed by atoms with Crippen LogP contribution in [-0.4, -0.2) is 37.5 Å². The fraction of sp³-hybridized carbons (Fsp3) is 0.917. The molecule has 1 atom stereocenters. The number of hydrogen-bond acceptors (Lipinski definition) is 4. The first-order valence-corrected chi connectivity index (χ1v) is 5.94. The van der Waals surface area contributed by atoms with E-state index in [1.165, 1.54) is 12.8 Å². The van der Waals surface area contributed by atoms with Crippen LogP contribution in [0.25, 0.3) is 0 Å². The Labute approximate surface area is 97.9 Å². The van der Waals surface area contributed by atoms with E-state index in [4.69, 9.17) is 14.7 Å². The summed E-state index contributed by atoms with van der Waals surface area (Å²) >= 11 is 0. The molecule has 0 radical (unpaired) electrons. The summed E-state index contributed by atoms with van der Waals surface area (Å²) in [6.07, 6.45) is 2.58.